The smallest absolute Gasteiger partial charge is 0.307 e. The van der Waals surface area contributed by atoms with Gasteiger partial charge in [0.15, 0.2) is 11.5 Å². The summed E-state index contributed by atoms with van der Waals surface area (Å²) < 4.78 is 31.9. The fourth-order valence-corrected chi connectivity index (χ4v) is 5.79. The molecule has 1 saturated carbocycles. The molecule has 42 heavy (non-hydrogen) atoms. The number of fused-ring (bicyclic) bond motifs is 2. The number of carboxylic acid groups (broad SMARTS) is 1. The SMILES string of the molecule is C[C@@H]1c2ccccc2[C@H](F)CN1C(=O)c1cc(-c2ncccn2)n2nc(-c3ccc([C@H]4C[C@@H]4C(=O)O)cc3F)cc2n1. The number of hydrogen-bond donors (Lipinski definition) is 1. The number of aromatic nitrogens is 5. The lowest BCUT2D eigenvalue weighted by Gasteiger charge is -2.36. The van der Waals surface area contributed by atoms with Gasteiger partial charge in [0.2, 0.25) is 0 Å². The lowest BCUT2D eigenvalue weighted by molar-refractivity contribution is -0.138. The molecule has 2 aliphatic rings. The third-order valence-corrected chi connectivity index (χ3v) is 8.11. The molecule has 5 aromatic rings. The van der Waals surface area contributed by atoms with E-state index in [1.54, 1.807) is 48.8 Å². The Hall–Kier alpha value is -5.06. The fourth-order valence-electron chi connectivity index (χ4n) is 5.79. The van der Waals surface area contributed by atoms with Gasteiger partial charge in [0.25, 0.3) is 5.91 Å². The zero-order valence-electron chi connectivity index (χ0n) is 22.4. The highest BCUT2D eigenvalue weighted by molar-refractivity contribution is 5.94. The largest absolute Gasteiger partial charge is 0.481 e. The van der Waals surface area contributed by atoms with E-state index < -0.39 is 29.8 Å². The molecule has 4 atom stereocenters. The zero-order valence-corrected chi connectivity index (χ0v) is 22.4. The van der Waals surface area contributed by atoms with Gasteiger partial charge in [-0.2, -0.15) is 5.10 Å². The molecule has 1 aliphatic heterocycles. The van der Waals surface area contributed by atoms with Crippen LogP contribution in [0, 0.1) is 11.7 Å². The third kappa shape index (κ3) is 4.28. The molecule has 1 fully saturated rings. The van der Waals surface area contributed by atoms with E-state index in [1.165, 1.54) is 21.5 Å². The van der Waals surface area contributed by atoms with E-state index in [4.69, 9.17) is 0 Å². The summed E-state index contributed by atoms with van der Waals surface area (Å²) in [6.45, 7) is 1.73. The van der Waals surface area contributed by atoms with E-state index in [2.05, 4.69) is 20.1 Å². The Morgan fingerprint density at radius 3 is 2.48 bits per heavy atom. The number of hydrogen-bond acceptors (Lipinski definition) is 6. The highest BCUT2D eigenvalue weighted by Gasteiger charge is 2.44. The van der Waals surface area contributed by atoms with Gasteiger partial charge in [0.1, 0.15) is 23.4 Å². The van der Waals surface area contributed by atoms with Crippen molar-refractivity contribution in [1.29, 1.82) is 0 Å². The van der Waals surface area contributed by atoms with Crippen LogP contribution in [-0.4, -0.2) is 53.0 Å². The molecule has 0 radical (unpaired) electrons. The van der Waals surface area contributed by atoms with Crippen LogP contribution in [0.25, 0.3) is 28.4 Å². The molecule has 11 heteroatoms. The summed E-state index contributed by atoms with van der Waals surface area (Å²) in [6.07, 6.45) is 2.25. The van der Waals surface area contributed by atoms with E-state index in [9.17, 15) is 14.7 Å². The monoisotopic (exact) mass is 566 g/mol. The van der Waals surface area contributed by atoms with Gasteiger partial charge in [0.05, 0.1) is 24.2 Å². The molecule has 7 rings (SSSR count). The Kier molecular flexibility index (Phi) is 6.03. The van der Waals surface area contributed by atoms with Crippen LogP contribution in [0.4, 0.5) is 8.78 Å². The first-order valence-corrected chi connectivity index (χ1v) is 13.5. The quantitative estimate of drug-likeness (QED) is 0.303. The normalized spacial score (nSPS) is 21.3. The van der Waals surface area contributed by atoms with Gasteiger partial charge >= 0.3 is 5.97 Å². The molecule has 0 bridgehead atoms. The summed E-state index contributed by atoms with van der Waals surface area (Å²) in [5, 5.41) is 13.8. The molecular formula is C31H24F2N6O3. The minimum Gasteiger partial charge on any atom is -0.481 e. The van der Waals surface area contributed by atoms with Crippen molar-refractivity contribution in [1.82, 2.24) is 29.5 Å². The van der Waals surface area contributed by atoms with Crippen molar-refractivity contribution < 1.29 is 23.5 Å². The van der Waals surface area contributed by atoms with Crippen LogP contribution in [-0.2, 0) is 4.79 Å². The van der Waals surface area contributed by atoms with E-state index in [0.29, 0.717) is 23.2 Å². The van der Waals surface area contributed by atoms with Crippen LogP contribution < -0.4 is 0 Å². The molecule has 1 amide bonds. The van der Waals surface area contributed by atoms with Gasteiger partial charge < -0.3 is 10.0 Å². The Balaban J connectivity index is 1.30. The number of carboxylic acids is 1. The first-order chi connectivity index (χ1) is 20.3. The average molecular weight is 567 g/mol. The molecule has 1 aliphatic carbocycles. The molecule has 9 nitrogen and oxygen atoms in total. The van der Waals surface area contributed by atoms with Crippen molar-refractivity contribution in [3.63, 3.8) is 0 Å². The molecule has 4 heterocycles. The molecule has 1 N–H and O–H groups in total. The Morgan fingerprint density at radius 1 is 1.00 bits per heavy atom. The number of carbonyl (C=O) groups is 2. The Labute approximate surface area is 238 Å². The van der Waals surface area contributed by atoms with E-state index in [1.807, 2.05) is 19.1 Å². The highest BCUT2D eigenvalue weighted by Crippen LogP contribution is 2.48. The maximum atomic E-state index is 15.3. The summed E-state index contributed by atoms with van der Waals surface area (Å²) in [4.78, 5) is 39.7. The van der Waals surface area contributed by atoms with Crippen LogP contribution in [0.3, 0.4) is 0 Å². The first-order valence-electron chi connectivity index (χ1n) is 13.5. The molecule has 2 aromatic carbocycles. The predicted octanol–water partition coefficient (Wildman–Crippen LogP) is 5.41. The first kappa shape index (κ1) is 25.9. The number of halogens is 2. The zero-order chi connectivity index (χ0) is 29.1. The summed E-state index contributed by atoms with van der Waals surface area (Å²) in [6, 6.07) is 16.1. The second-order valence-electron chi connectivity index (χ2n) is 10.7. The summed E-state index contributed by atoms with van der Waals surface area (Å²) in [7, 11) is 0. The number of carbonyl (C=O) groups excluding carboxylic acids is 1. The van der Waals surface area contributed by atoms with Crippen LogP contribution >= 0.6 is 0 Å². The number of rotatable bonds is 5. The number of nitrogens with zero attached hydrogens (tertiary/aromatic N) is 6. The van der Waals surface area contributed by atoms with Crippen LogP contribution in [0.2, 0.25) is 0 Å². The summed E-state index contributed by atoms with van der Waals surface area (Å²) >= 11 is 0. The minimum absolute atomic E-state index is 0.0547. The van der Waals surface area contributed by atoms with Gasteiger partial charge in [0, 0.05) is 24.0 Å². The van der Waals surface area contributed by atoms with Gasteiger partial charge in [-0.1, -0.05) is 30.3 Å². The van der Waals surface area contributed by atoms with Crippen molar-refractivity contribution in [2.45, 2.75) is 31.5 Å². The maximum Gasteiger partial charge on any atom is 0.307 e. The van der Waals surface area contributed by atoms with Crippen molar-refractivity contribution in [2.24, 2.45) is 5.92 Å². The molecule has 3 aromatic heterocycles. The predicted molar refractivity (Wildman–Crippen MR) is 148 cm³/mol. The van der Waals surface area contributed by atoms with Crippen LogP contribution in [0.1, 0.15) is 58.7 Å². The third-order valence-electron chi connectivity index (χ3n) is 8.11. The van der Waals surface area contributed by atoms with Gasteiger partial charge in [-0.25, -0.2) is 28.2 Å². The molecule has 210 valence electrons. The maximum absolute atomic E-state index is 15.3. The lowest BCUT2D eigenvalue weighted by Crippen LogP contribution is -2.40. The van der Waals surface area contributed by atoms with Crippen molar-refractivity contribution in [3.8, 4) is 22.8 Å². The summed E-state index contributed by atoms with van der Waals surface area (Å²) in [5.74, 6) is -2.33. The van der Waals surface area contributed by atoms with E-state index in [-0.39, 0.29) is 46.9 Å². The highest BCUT2D eigenvalue weighted by atomic mass is 19.1. The van der Waals surface area contributed by atoms with Crippen molar-refractivity contribution in [2.75, 3.05) is 6.54 Å². The minimum atomic E-state index is -1.34. The standard InChI is InChI=1S/C31H24F2N6O3/c1-16-18-5-2-3-6-19(18)24(33)15-38(16)30(40)26-13-27(29-34-9-4-10-35-29)39-28(36-26)14-25(37-39)20-8-7-17(11-23(20)32)21-12-22(21)31(41)42/h2-11,13-14,16,21-22,24H,12,15H2,1H3,(H,41,42)/t16-,21-,22+,24-/m1/s1. The summed E-state index contributed by atoms with van der Waals surface area (Å²) in [5.41, 5.74) is 3.08. The topological polar surface area (TPSA) is 114 Å². The fraction of sp³-hybridized carbons (Fsp3) is 0.226. The number of alkyl halides is 1. The van der Waals surface area contributed by atoms with Gasteiger partial charge in [-0.05, 0) is 60.2 Å². The Morgan fingerprint density at radius 2 is 1.76 bits per heavy atom. The van der Waals surface area contributed by atoms with Gasteiger partial charge in [-0.15, -0.1) is 0 Å². The van der Waals surface area contributed by atoms with Crippen molar-refractivity contribution >= 4 is 17.5 Å². The molecule has 0 saturated heterocycles. The molecule has 0 unspecified atom stereocenters. The van der Waals surface area contributed by atoms with Gasteiger partial charge in [-0.3, -0.25) is 9.59 Å². The second-order valence-corrected chi connectivity index (χ2v) is 10.7. The number of aliphatic carboxylic acids is 1. The van der Waals surface area contributed by atoms with E-state index in [0.717, 1.165) is 5.56 Å². The molecule has 0 spiro atoms. The second kappa shape index (κ2) is 9.79. The van der Waals surface area contributed by atoms with Crippen LogP contribution in [0.15, 0.2) is 73.1 Å². The van der Waals surface area contributed by atoms with E-state index >= 15 is 8.78 Å². The molecular weight excluding hydrogens is 542 g/mol. The van der Waals surface area contributed by atoms with Crippen molar-refractivity contribution in [3.05, 3.63) is 101 Å². The number of amides is 1. The Bertz CT molecular complexity index is 1880. The average Bonchev–Trinajstić information content (AvgIpc) is 3.71. The number of benzene rings is 2. The van der Waals surface area contributed by atoms with Crippen LogP contribution in [0.5, 0.6) is 0 Å². The lowest BCUT2D eigenvalue weighted by atomic mass is 9.92.